The third-order valence-electron chi connectivity index (χ3n) is 0.607. The molecule has 9 heavy (non-hydrogen) atoms. The van der Waals surface area contributed by atoms with Crippen LogP contribution in [0, 0.1) is 11.8 Å². The molecule has 0 atom stereocenters. The number of carbonyl (C=O) groups excluding carboxylic acids is 1. The second-order valence-electron chi connectivity index (χ2n) is 1.90. The Kier molecular flexibility index (Phi) is 3.49. The number of primary amides is 1. The van der Waals surface area contributed by atoms with E-state index in [9.17, 15) is 4.79 Å². The van der Waals surface area contributed by atoms with E-state index in [2.05, 4.69) is 11.8 Å². The zero-order valence-electron chi connectivity index (χ0n) is 5.64. The molecule has 1 amide bonds. The fourth-order valence-corrected chi connectivity index (χ4v) is 0.285. The van der Waals surface area contributed by atoms with E-state index in [1.165, 1.54) is 0 Å². The fraction of sp³-hybridized carbons (Fsp3) is 0.500. The Balaban J connectivity index is 3.50. The van der Waals surface area contributed by atoms with E-state index in [1.54, 1.807) is 0 Å². The van der Waals surface area contributed by atoms with Crippen LogP contribution < -0.4 is 5.73 Å². The van der Waals surface area contributed by atoms with Crippen LogP contribution in [0.5, 0.6) is 0 Å². The van der Waals surface area contributed by atoms with Crippen molar-refractivity contribution in [2.75, 3.05) is 20.6 Å². The first-order valence-electron chi connectivity index (χ1n) is 2.56. The quantitative estimate of drug-likeness (QED) is 0.460. The SMILES string of the molecule is CN(C)CC#CC(N)=O. The monoisotopic (exact) mass is 126 g/mol. The number of rotatable bonds is 1. The van der Waals surface area contributed by atoms with Crippen LogP contribution in [0.2, 0.25) is 0 Å². The highest BCUT2D eigenvalue weighted by atomic mass is 16.1. The Hall–Kier alpha value is -1.01. The van der Waals surface area contributed by atoms with Crippen molar-refractivity contribution in [1.29, 1.82) is 0 Å². The third kappa shape index (κ3) is 6.99. The first kappa shape index (κ1) is 7.99. The van der Waals surface area contributed by atoms with Gasteiger partial charge in [-0.2, -0.15) is 0 Å². The highest BCUT2D eigenvalue weighted by molar-refractivity contribution is 5.91. The minimum Gasteiger partial charge on any atom is -0.359 e. The first-order valence-corrected chi connectivity index (χ1v) is 2.56. The van der Waals surface area contributed by atoms with Crippen molar-refractivity contribution in [3.05, 3.63) is 0 Å². The lowest BCUT2D eigenvalue weighted by Crippen LogP contribution is -2.12. The fourth-order valence-electron chi connectivity index (χ4n) is 0.285. The van der Waals surface area contributed by atoms with Gasteiger partial charge in [-0.05, 0) is 20.0 Å². The molecule has 0 aromatic heterocycles. The van der Waals surface area contributed by atoms with Crippen molar-refractivity contribution in [2.45, 2.75) is 0 Å². The summed E-state index contributed by atoms with van der Waals surface area (Å²) in [7, 11) is 3.74. The average molecular weight is 126 g/mol. The summed E-state index contributed by atoms with van der Waals surface area (Å²) in [6.45, 7) is 0.572. The Morgan fingerprint density at radius 1 is 1.67 bits per heavy atom. The summed E-state index contributed by atoms with van der Waals surface area (Å²) >= 11 is 0. The summed E-state index contributed by atoms with van der Waals surface area (Å²) in [4.78, 5) is 11.9. The van der Waals surface area contributed by atoms with Crippen LogP contribution in [0.3, 0.4) is 0 Å². The van der Waals surface area contributed by atoms with Crippen LogP contribution in [0.4, 0.5) is 0 Å². The minimum absolute atomic E-state index is 0.572. The molecule has 0 radical (unpaired) electrons. The summed E-state index contributed by atoms with van der Waals surface area (Å²) < 4.78 is 0. The molecule has 0 aromatic rings. The first-order chi connectivity index (χ1) is 4.13. The van der Waals surface area contributed by atoms with E-state index in [-0.39, 0.29) is 0 Å². The van der Waals surface area contributed by atoms with E-state index in [0.717, 1.165) is 0 Å². The van der Waals surface area contributed by atoms with E-state index in [0.29, 0.717) is 6.54 Å². The molecule has 0 rings (SSSR count). The van der Waals surface area contributed by atoms with Gasteiger partial charge in [-0.1, -0.05) is 5.92 Å². The van der Waals surface area contributed by atoms with Crippen molar-refractivity contribution in [3.8, 4) is 11.8 Å². The summed E-state index contributed by atoms with van der Waals surface area (Å²) in [5, 5.41) is 0. The van der Waals surface area contributed by atoms with E-state index < -0.39 is 5.91 Å². The molecule has 0 aliphatic rings. The summed E-state index contributed by atoms with van der Waals surface area (Å²) in [5.41, 5.74) is 4.75. The van der Waals surface area contributed by atoms with E-state index in [1.807, 2.05) is 19.0 Å². The van der Waals surface area contributed by atoms with Gasteiger partial charge in [0, 0.05) is 0 Å². The molecular weight excluding hydrogens is 116 g/mol. The molecule has 2 N–H and O–H groups in total. The molecular formula is C6H10N2O. The van der Waals surface area contributed by atoms with Gasteiger partial charge in [0.1, 0.15) is 0 Å². The van der Waals surface area contributed by atoms with Gasteiger partial charge in [0.2, 0.25) is 0 Å². The van der Waals surface area contributed by atoms with Gasteiger partial charge in [0.25, 0.3) is 5.91 Å². The number of hydrogen-bond donors (Lipinski definition) is 1. The summed E-state index contributed by atoms with van der Waals surface area (Å²) in [5.74, 6) is 4.24. The molecule has 0 fully saturated rings. The molecule has 0 unspecified atom stereocenters. The van der Waals surface area contributed by atoms with Gasteiger partial charge >= 0.3 is 0 Å². The van der Waals surface area contributed by atoms with Crippen LogP contribution in [0.1, 0.15) is 0 Å². The van der Waals surface area contributed by atoms with Gasteiger partial charge in [-0.15, -0.1) is 0 Å². The molecule has 0 saturated heterocycles. The molecule has 50 valence electrons. The largest absolute Gasteiger partial charge is 0.359 e. The lowest BCUT2D eigenvalue weighted by atomic mass is 10.5. The van der Waals surface area contributed by atoms with Crippen LogP contribution in [-0.2, 0) is 4.79 Å². The Bertz CT molecular complexity index is 152. The zero-order valence-corrected chi connectivity index (χ0v) is 5.64. The Labute approximate surface area is 54.8 Å². The van der Waals surface area contributed by atoms with Crippen LogP contribution in [0.25, 0.3) is 0 Å². The molecule has 3 heteroatoms. The summed E-state index contributed by atoms with van der Waals surface area (Å²) in [6, 6.07) is 0. The maximum absolute atomic E-state index is 10.0. The molecule has 0 aliphatic carbocycles. The van der Waals surface area contributed by atoms with E-state index in [4.69, 9.17) is 5.73 Å². The van der Waals surface area contributed by atoms with Gasteiger partial charge in [-0.25, -0.2) is 0 Å². The number of carbonyl (C=O) groups is 1. The van der Waals surface area contributed by atoms with Gasteiger partial charge in [0.05, 0.1) is 6.54 Å². The molecule has 0 aromatic carbocycles. The van der Waals surface area contributed by atoms with Crippen LogP contribution in [0.15, 0.2) is 0 Å². The smallest absolute Gasteiger partial charge is 0.293 e. The number of amides is 1. The maximum atomic E-state index is 10.0. The number of hydrogen-bond acceptors (Lipinski definition) is 2. The normalized spacial score (nSPS) is 8.33. The van der Waals surface area contributed by atoms with Crippen LogP contribution in [-0.4, -0.2) is 31.4 Å². The zero-order chi connectivity index (χ0) is 7.28. The second-order valence-corrected chi connectivity index (χ2v) is 1.90. The molecule has 0 spiro atoms. The summed E-state index contributed by atoms with van der Waals surface area (Å²) in [6.07, 6.45) is 0. The highest BCUT2D eigenvalue weighted by Crippen LogP contribution is 1.67. The van der Waals surface area contributed by atoms with Crippen molar-refractivity contribution in [1.82, 2.24) is 4.90 Å². The third-order valence-corrected chi connectivity index (χ3v) is 0.607. The van der Waals surface area contributed by atoms with Crippen molar-refractivity contribution in [3.63, 3.8) is 0 Å². The van der Waals surface area contributed by atoms with Gasteiger partial charge in [0.15, 0.2) is 0 Å². The van der Waals surface area contributed by atoms with E-state index >= 15 is 0 Å². The lowest BCUT2D eigenvalue weighted by Gasteiger charge is -1.99. The molecule has 0 heterocycles. The predicted molar refractivity (Wildman–Crippen MR) is 35.5 cm³/mol. The predicted octanol–water partition coefficient (Wildman–Crippen LogP) is -0.963. The standard InChI is InChI=1S/C6H10N2O/c1-8(2)5-3-4-6(7)9/h5H2,1-2H3,(H2,7,9). The molecule has 0 saturated carbocycles. The maximum Gasteiger partial charge on any atom is 0.293 e. The number of nitrogens with two attached hydrogens (primary N) is 1. The van der Waals surface area contributed by atoms with Crippen molar-refractivity contribution >= 4 is 5.91 Å². The molecule has 3 nitrogen and oxygen atoms in total. The van der Waals surface area contributed by atoms with Crippen molar-refractivity contribution in [2.24, 2.45) is 5.73 Å². The average Bonchev–Trinajstić information content (AvgIpc) is 1.63. The van der Waals surface area contributed by atoms with Gasteiger partial charge < -0.3 is 5.73 Å². The second kappa shape index (κ2) is 3.93. The Morgan fingerprint density at radius 2 is 2.22 bits per heavy atom. The minimum atomic E-state index is -0.572. The Morgan fingerprint density at radius 3 is 2.56 bits per heavy atom. The molecule has 0 aliphatic heterocycles. The van der Waals surface area contributed by atoms with Gasteiger partial charge in [-0.3, -0.25) is 9.69 Å². The highest BCUT2D eigenvalue weighted by Gasteiger charge is 1.81. The van der Waals surface area contributed by atoms with Crippen molar-refractivity contribution < 1.29 is 4.79 Å². The lowest BCUT2D eigenvalue weighted by molar-refractivity contribution is -0.112. The molecule has 0 bridgehead atoms. The topological polar surface area (TPSA) is 46.3 Å². The van der Waals surface area contributed by atoms with Crippen LogP contribution >= 0.6 is 0 Å². The number of nitrogens with zero attached hydrogens (tertiary/aromatic N) is 1.